The Kier molecular flexibility index (Phi) is 8.46. The van der Waals surface area contributed by atoms with Crippen LogP contribution in [-0.2, 0) is 0 Å². The predicted octanol–water partition coefficient (Wildman–Crippen LogP) is 3.07. The van der Waals surface area contributed by atoms with E-state index in [1.54, 1.807) is 6.07 Å². The second kappa shape index (κ2) is 11.3. The molecule has 2 aromatic carbocycles. The van der Waals surface area contributed by atoms with Gasteiger partial charge in [0.1, 0.15) is 5.75 Å². The molecule has 1 fully saturated rings. The number of rotatable bonds is 7. The van der Waals surface area contributed by atoms with E-state index < -0.39 is 0 Å². The predicted molar refractivity (Wildman–Crippen MR) is 137 cm³/mol. The number of fused-ring (bicyclic) bond motifs is 2. The molecule has 5 rings (SSSR count). The van der Waals surface area contributed by atoms with Crippen LogP contribution >= 0.6 is 11.3 Å². The molecule has 176 valence electrons. The molecule has 3 heterocycles. The highest BCUT2D eigenvalue weighted by atomic mass is 32.1. The van der Waals surface area contributed by atoms with E-state index in [2.05, 4.69) is 44.4 Å². The molecule has 0 bridgehead atoms. The Balaban J connectivity index is 0.00000153. The number of pyridine rings is 1. The van der Waals surface area contributed by atoms with Gasteiger partial charge in [-0.2, -0.15) is 0 Å². The van der Waals surface area contributed by atoms with Crippen molar-refractivity contribution in [3.8, 4) is 5.75 Å². The lowest BCUT2D eigenvalue weighted by molar-refractivity contribution is 0.239. The monoisotopic (exact) mass is 469 g/mol. The highest BCUT2D eigenvalue weighted by molar-refractivity contribution is 7.17. The van der Waals surface area contributed by atoms with Gasteiger partial charge in [0.15, 0.2) is 0 Å². The normalized spacial score (nSPS) is 14.1. The first-order chi connectivity index (χ1) is 15.3. The van der Waals surface area contributed by atoms with E-state index in [1.807, 2.05) is 35.6 Å². The molecule has 7 nitrogen and oxygen atoms in total. The Morgan fingerprint density at radius 2 is 1.76 bits per heavy atom. The van der Waals surface area contributed by atoms with Crippen LogP contribution in [0.25, 0.3) is 21.0 Å². The molecule has 1 aliphatic rings. The molecule has 5 N–H and O–H groups in total. The van der Waals surface area contributed by atoms with Gasteiger partial charge in [0, 0.05) is 54.1 Å². The number of hydrogen-bond acceptors (Lipinski definition) is 5. The molecule has 1 aliphatic heterocycles. The molecule has 0 saturated carbocycles. The minimum atomic E-state index is -0.0863. The van der Waals surface area contributed by atoms with Gasteiger partial charge in [-0.25, -0.2) is 0 Å². The lowest BCUT2D eigenvalue weighted by Gasteiger charge is -2.36. The van der Waals surface area contributed by atoms with Crippen LogP contribution in [0, 0.1) is 0 Å². The number of hydrogen-bond donors (Lipinski definition) is 1. The molecule has 0 spiro atoms. The van der Waals surface area contributed by atoms with Gasteiger partial charge >= 0.3 is 0 Å². The molecule has 0 unspecified atom stereocenters. The number of benzene rings is 2. The number of H-pyrrole nitrogens is 1. The molecule has 1 saturated heterocycles. The number of nitrogens with one attached hydrogen (secondary N) is 1. The molecular weight excluding hydrogens is 438 g/mol. The van der Waals surface area contributed by atoms with Crippen molar-refractivity contribution < 1.29 is 15.7 Å². The highest BCUT2D eigenvalue weighted by Crippen LogP contribution is 2.31. The quantitative estimate of drug-likeness (QED) is 0.419. The average molecular weight is 470 g/mol. The molecular formula is C25H31N3O4S. The summed E-state index contributed by atoms with van der Waals surface area (Å²) in [6, 6.07) is 18.1. The Morgan fingerprint density at radius 3 is 2.61 bits per heavy atom. The zero-order chi connectivity index (χ0) is 21.0. The zero-order valence-corrected chi connectivity index (χ0v) is 19.4. The summed E-state index contributed by atoms with van der Waals surface area (Å²) in [5.41, 5.74) is 2.11. The van der Waals surface area contributed by atoms with Crippen LogP contribution in [0.1, 0.15) is 12.8 Å². The van der Waals surface area contributed by atoms with Crippen LogP contribution in [0.2, 0.25) is 0 Å². The number of unbranched alkanes of at least 4 members (excludes halogenated alkanes) is 1. The maximum Gasteiger partial charge on any atom is 0.248 e. The molecule has 0 amide bonds. The van der Waals surface area contributed by atoms with Crippen LogP contribution in [0.3, 0.4) is 0 Å². The Hall–Kier alpha value is -2.91. The smallest absolute Gasteiger partial charge is 0.248 e. The maximum atomic E-state index is 11.5. The van der Waals surface area contributed by atoms with Gasteiger partial charge in [0.2, 0.25) is 5.56 Å². The van der Waals surface area contributed by atoms with E-state index in [0.29, 0.717) is 6.61 Å². The van der Waals surface area contributed by atoms with E-state index in [4.69, 9.17) is 4.74 Å². The summed E-state index contributed by atoms with van der Waals surface area (Å²) in [6.45, 7) is 6.20. The number of anilines is 1. The van der Waals surface area contributed by atoms with Gasteiger partial charge in [0.05, 0.1) is 12.1 Å². The largest absolute Gasteiger partial charge is 0.494 e. The van der Waals surface area contributed by atoms with Crippen molar-refractivity contribution in [3.05, 3.63) is 70.3 Å². The van der Waals surface area contributed by atoms with Crippen molar-refractivity contribution in [3.63, 3.8) is 0 Å². The Morgan fingerprint density at radius 1 is 0.939 bits per heavy atom. The van der Waals surface area contributed by atoms with E-state index >= 15 is 0 Å². The van der Waals surface area contributed by atoms with Gasteiger partial charge < -0.3 is 25.6 Å². The van der Waals surface area contributed by atoms with Crippen LogP contribution < -0.4 is 15.2 Å². The molecule has 0 radical (unpaired) electrons. The fourth-order valence-corrected chi connectivity index (χ4v) is 5.12. The van der Waals surface area contributed by atoms with Gasteiger partial charge in [-0.3, -0.25) is 9.69 Å². The van der Waals surface area contributed by atoms with E-state index in [1.165, 1.54) is 15.8 Å². The first-order valence-corrected chi connectivity index (χ1v) is 11.8. The minimum Gasteiger partial charge on any atom is -0.494 e. The first kappa shape index (κ1) is 24.7. The van der Waals surface area contributed by atoms with E-state index in [0.717, 1.165) is 62.2 Å². The van der Waals surface area contributed by atoms with Crippen LogP contribution in [-0.4, -0.2) is 60.2 Å². The summed E-state index contributed by atoms with van der Waals surface area (Å²) in [4.78, 5) is 19.4. The Labute approximate surface area is 196 Å². The number of thiophene rings is 1. The second-order valence-electron chi connectivity index (χ2n) is 8.07. The molecule has 4 aromatic rings. The number of piperazine rings is 1. The number of nitrogens with zero attached hydrogens (tertiary/aromatic N) is 2. The standard InChI is InChI=1S/C25H27N3O2S.2H2O/c29-25-9-7-19-6-8-20(18-22(19)26-25)30-16-2-1-11-27-12-14-28(15-13-27)23-4-3-5-24-21(23)10-17-31-24;;/h3-10,17-18H,1-2,11-16H2,(H,26,29);2*1H2. The van der Waals surface area contributed by atoms with Gasteiger partial charge in [-0.05, 0) is 66.6 Å². The van der Waals surface area contributed by atoms with Crippen molar-refractivity contribution >= 4 is 38.0 Å². The number of ether oxygens (including phenoxy) is 1. The minimum absolute atomic E-state index is 0. The van der Waals surface area contributed by atoms with Gasteiger partial charge in [-0.1, -0.05) is 6.07 Å². The Bertz CT molecular complexity index is 1230. The van der Waals surface area contributed by atoms with Crippen LogP contribution in [0.4, 0.5) is 5.69 Å². The van der Waals surface area contributed by atoms with Crippen molar-refractivity contribution in [2.45, 2.75) is 12.8 Å². The second-order valence-corrected chi connectivity index (χ2v) is 9.01. The lowest BCUT2D eigenvalue weighted by atomic mass is 10.2. The summed E-state index contributed by atoms with van der Waals surface area (Å²) in [6.07, 6.45) is 2.16. The van der Waals surface area contributed by atoms with Crippen molar-refractivity contribution in [2.75, 3.05) is 44.2 Å². The topological polar surface area (TPSA) is 112 Å². The molecule has 0 aliphatic carbocycles. The molecule has 0 atom stereocenters. The number of aromatic amines is 1. The fraction of sp³-hybridized carbons (Fsp3) is 0.320. The summed E-state index contributed by atoms with van der Waals surface area (Å²) in [7, 11) is 0. The SMILES string of the molecule is O.O.O=c1ccc2ccc(OCCCCN3CCN(c4cccc5sccc45)CC3)cc2[nH]1. The van der Waals surface area contributed by atoms with E-state index in [-0.39, 0.29) is 16.5 Å². The highest BCUT2D eigenvalue weighted by Gasteiger charge is 2.18. The first-order valence-electron chi connectivity index (χ1n) is 11.0. The van der Waals surface area contributed by atoms with Crippen molar-refractivity contribution in [2.24, 2.45) is 0 Å². The van der Waals surface area contributed by atoms with E-state index in [9.17, 15) is 4.79 Å². The third-order valence-electron chi connectivity index (χ3n) is 6.02. The third-order valence-corrected chi connectivity index (χ3v) is 6.90. The molecule has 8 heteroatoms. The number of aromatic nitrogens is 1. The molecule has 33 heavy (non-hydrogen) atoms. The summed E-state index contributed by atoms with van der Waals surface area (Å²) in [5.74, 6) is 0.811. The van der Waals surface area contributed by atoms with Crippen molar-refractivity contribution in [1.82, 2.24) is 9.88 Å². The van der Waals surface area contributed by atoms with Crippen LogP contribution in [0.15, 0.2) is 64.8 Å². The van der Waals surface area contributed by atoms with Crippen molar-refractivity contribution in [1.29, 1.82) is 0 Å². The van der Waals surface area contributed by atoms with Gasteiger partial charge in [0.25, 0.3) is 0 Å². The summed E-state index contributed by atoms with van der Waals surface area (Å²) in [5, 5.41) is 4.58. The summed E-state index contributed by atoms with van der Waals surface area (Å²) >= 11 is 1.82. The average Bonchev–Trinajstić information content (AvgIpc) is 3.28. The van der Waals surface area contributed by atoms with Gasteiger partial charge in [-0.15, -0.1) is 11.3 Å². The fourth-order valence-electron chi connectivity index (χ4n) is 4.31. The maximum absolute atomic E-state index is 11.5. The third kappa shape index (κ3) is 5.72. The summed E-state index contributed by atoms with van der Waals surface area (Å²) < 4.78 is 7.28. The zero-order valence-electron chi connectivity index (χ0n) is 18.5. The molecule has 2 aromatic heterocycles. The lowest BCUT2D eigenvalue weighted by Crippen LogP contribution is -2.46. The van der Waals surface area contributed by atoms with Crippen LogP contribution in [0.5, 0.6) is 5.75 Å².